The molecule has 1 aliphatic rings. The Labute approximate surface area is 180 Å². The molecule has 1 amide bonds. The number of ether oxygens (including phenoxy) is 1. The van der Waals surface area contributed by atoms with Crippen LogP contribution in [0.4, 0.5) is 5.69 Å². The number of hydrogen-bond donors (Lipinski definition) is 1. The SMILES string of the molecule is Cc1ccc(C)c(NC(=O)COC(=O)c2ccc3c(=O)n4c(nc3c2)CCCCC4)c1. The van der Waals surface area contributed by atoms with Gasteiger partial charge in [-0.15, -0.1) is 0 Å². The van der Waals surface area contributed by atoms with Crippen molar-refractivity contribution < 1.29 is 14.3 Å². The quantitative estimate of drug-likeness (QED) is 0.654. The third-order valence-electron chi connectivity index (χ3n) is 5.55. The first-order valence-corrected chi connectivity index (χ1v) is 10.5. The van der Waals surface area contributed by atoms with Crippen LogP contribution in [0.25, 0.3) is 10.9 Å². The van der Waals surface area contributed by atoms with Gasteiger partial charge in [-0.1, -0.05) is 18.6 Å². The zero-order valence-electron chi connectivity index (χ0n) is 17.7. The molecule has 0 saturated carbocycles. The summed E-state index contributed by atoms with van der Waals surface area (Å²) in [5.74, 6) is -0.284. The molecule has 0 unspecified atom stereocenters. The second-order valence-corrected chi connectivity index (χ2v) is 7.97. The molecule has 7 nitrogen and oxygen atoms in total. The van der Waals surface area contributed by atoms with Crippen LogP contribution in [0.1, 0.15) is 46.6 Å². The Hall–Kier alpha value is -3.48. The Morgan fingerprint density at radius 1 is 1.10 bits per heavy atom. The van der Waals surface area contributed by atoms with E-state index in [0.717, 1.165) is 42.6 Å². The first-order chi connectivity index (χ1) is 14.9. The van der Waals surface area contributed by atoms with E-state index in [-0.39, 0.29) is 11.1 Å². The van der Waals surface area contributed by atoms with Gasteiger partial charge in [0.1, 0.15) is 5.82 Å². The molecule has 2 aromatic carbocycles. The molecule has 3 aromatic rings. The van der Waals surface area contributed by atoms with E-state index < -0.39 is 18.5 Å². The van der Waals surface area contributed by atoms with Crippen LogP contribution in [-0.2, 0) is 22.5 Å². The Bertz CT molecular complexity index is 1230. The van der Waals surface area contributed by atoms with Gasteiger partial charge in [-0.3, -0.25) is 14.2 Å². The van der Waals surface area contributed by atoms with Crippen LogP contribution in [0, 0.1) is 13.8 Å². The number of carbonyl (C=O) groups excluding carboxylic acids is 2. The van der Waals surface area contributed by atoms with Gasteiger partial charge in [-0.2, -0.15) is 0 Å². The highest BCUT2D eigenvalue weighted by atomic mass is 16.5. The summed E-state index contributed by atoms with van der Waals surface area (Å²) in [6.07, 6.45) is 3.78. The van der Waals surface area contributed by atoms with Gasteiger partial charge in [0.25, 0.3) is 11.5 Å². The molecule has 0 fully saturated rings. The van der Waals surface area contributed by atoms with Gasteiger partial charge >= 0.3 is 5.97 Å². The standard InChI is InChI=1S/C24H25N3O4/c1-15-7-8-16(2)19(12-15)26-22(28)14-31-24(30)17-9-10-18-20(13-17)25-21-6-4-3-5-11-27(21)23(18)29/h7-10,12-13H,3-6,11,14H2,1-2H3,(H,26,28). The van der Waals surface area contributed by atoms with Crippen molar-refractivity contribution in [3.63, 3.8) is 0 Å². The van der Waals surface area contributed by atoms with E-state index in [2.05, 4.69) is 10.3 Å². The van der Waals surface area contributed by atoms with Crippen LogP contribution in [0.15, 0.2) is 41.2 Å². The normalized spacial score (nSPS) is 13.4. The molecule has 4 rings (SSSR count). The molecule has 2 heterocycles. The third kappa shape index (κ3) is 4.50. The molecule has 0 atom stereocenters. The fourth-order valence-corrected chi connectivity index (χ4v) is 3.82. The number of nitrogens with one attached hydrogen (secondary N) is 1. The van der Waals surface area contributed by atoms with Crippen molar-refractivity contribution in [1.29, 1.82) is 0 Å². The van der Waals surface area contributed by atoms with Gasteiger partial charge in [-0.25, -0.2) is 9.78 Å². The summed E-state index contributed by atoms with van der Waals surface area (Å²) in [4.78, 5) is 42.1. The third-order valence-corrected chi connectivity index (χ3v) is 5.55. The molecule has 0 radical (unpaired) electrons. The maximum Gasteiger partial charge on any atom is 0.338 e. The summed E-state index contributed by atoms with van der Waals surface area (Å²) in [5, 5.41) is 3.24. The van der Waals surface area contributed by atoms with Crippen LogP contribution in [0.2, 0.25) is 0 Å². The summed E-state index contributed by atoms with van der Waals surface area (Å²) >= 11 is 0. The van der Waals surface area contributed by atoms with Crippen molar-refractivity contribution in [3.8, 4) is 0 Å². The van der Waals surface area contributed by atoms with E-state index >= 15 is 0 Å². The van der Waals surface area contributed by atoms with Gasteiger partial charge in [0.05, 0.1) is 16.5 Å². The number of benzene rings is 2. The summed E-state index contributed by atoms with van der Waals surface area (Å²) in [6.45, 7) is 4.11. The minimum absolute atomic E-state index is 0.0743. The smallest absolute Gasteiger partial charge is 0.338 e. The van der Waals surface area contributed by atoms with Gasteiger partial charge in [0.15, 0.2) is 6.61 Å². The monoisotopic (exact) mass is 419 g/mol. The van der Waals surface area contributed by atoms with Crippen LogP contribution in [0.5, 0.6) is 0 Å². The fourth-order valence-electron chi connectivity index (χ4n) is 3.82. The molecule has 0 bridgehead atoms. The summed E-state index contributed by atoms with van der Waals surface area (Å²) in [7, 11) is 0. The van der Waals surface area contributed by atoms with E-state index in [0.29, 0.717) is 23.1 Å². The Kier molecular flexibility index (Phi) is 5.84. The summed E-state index contributed by atoms with van der Waals surface area (Å²) < 4.78 is 6.92. The summed E-state index contributed by atoms with van der Waals surface area (Å²) in [5.41, 5.74) is 3.31. The number of aromatic nitrogens is 2. The summed E-state index contributed by atoms with van der Waals surface area (Å²) in [6, 6.07) is 10.5. The highest BCUT2D eigenvalue weighted by Gasteiger charge is 2.16. The van der Waals surface area contributed by atoms with E-state index in [1.165, 1.54) is 0 Å². The minimum Gasteiger partial charge on any atom is -0.452 e. The van der Waals surface area contributed by atoms with E-state index in [1.807, 2.05) is 32.0 Å². The number of esters is 1. The highest BCUT2D eigenvalue weighted by molar-refractivity contribution is 5.97. The van der Waals surface area contributed by atoms with E-state index in [4.69, 9.17) is 4.74 Å². The number of nitrogens with zero attached hydrogens (tertiary/aromatic N) is 2. The van der Waals surface area contributed by atoms with E-state index in [1.54, 1.807) is 22.8 Å². The lowest BCUT2D eigenvalue weighted by Crippen LogP contribution is -2.25. The molecule has 0 saturated heterocycles. The van der Waals surface area contributed by atoms with Crippen molar-refractivity contribution in [1.82, 2.24) is 9.55 Å². The topological polar surface area (TPSA) is 90.3 Å². The van der Waals surface area contributed by atoms with Crippen LogP contribution >= 0.6 is 0 Å². The van der Waals surface area contributed by atoms with Gasteiger partial charge < -0.3 is 10.1 Å². The maximum absolute atomic E-state index is 12.8. The fraction of sp³-hybridized carbons (Fsp3) is 0.333. The first-order valence-electron chi connectivity index (χ1n) is 10.5. The zero-order valence-corrected chi connectivity index (χ0v) is 17.7. The maximum atomic E-state index is 12.8. The van der Waals surface area contributed by atoms with Crippen molar-refractivity contribution in [2.45, 2.75) is 46.1 Å². The molecule has 1 aliphatic heterocycles. The lowest BCUT2D eigenvalue weighted by molar-refractivity contribution is -0.119. The second kappa shape index (κ2) is 8.71. The van der Waals surface area contributed by atoms with Crippen LogP contribution in [0.3, 0.4) is 0 Å². The van der Waals surface area contributed by atoms with Crippen molar-refractivity contribution >= 4 is 28.5 Å². The average Bonchev–Trinajstić information content (AvgIpc) is 3.00. The molecular weight excluding hydrogens is 394 g/mol. The number of aryl methyl sites for hydroxylation is 3. The lowest BCUT2D eigenvalue weighted by Gasteiger charge is -2.11. The van der Waals surface area contributed by atoms with Gasteiger partial charge in [0, 0.05) is 18.7 Å². The van der Waals surface area contributed by atoms with Crippen LogP contribution < -0.4 is 10.9 Å². The molecule has 0 aliphatic carbocycles. The molecule has 31 heavy (non-hydrogen) atoms. The lowest BCUT2D eigenvalue weighted by atomic mass is 10.1. The number of hydrogen-bond acceptors (Lipinski definition) is 5. The second-order valence-electron chi connectivity index (χ2n) is 7.97. The highest BCUT2D eigenvalue weighted by Crippen LogP contribution is 2.18. The molecule has 1 N–H and O–H groups in total. The number of fused-ring (bicyclic) bond motifs is 2. The van der Waals surface area contributed by atoms with Gasteiger partial charge in [0.2, 0.25) is 0 Å². The average molecular weight is 419 g/mol. The largest absolute Gasteiger partial charge is 0.452 e. The van der Waals surface area contributed by atoms with E-state index in [9.17, 15) is 14.4 Å². The van der Waals surface area contributed by atoms with Crippen molar-refractivity contribution in [2.75, 3.05) is 11.9 Å². The predicted octanol–water partition coefficient (Wildman–Crippen LogP) is 3.54. The predicted molar refractivity (Wildman–Crippen MR) is 118 cm³/mol. The zero-order chi connectivity index (χ0) is 22.0. The number of anilines is 1. The molecule has 1 aromatic heterocycles. The number of amides is 1. The number of rotatable bonds is 4. The Morgan fingerprint density at radius 3 is 2.77 bits per heavy atom. The van der Waals surface area contributed by atoms with Gasteiger partial charge in [-0.05, 0) is 62.1 Å². The Morgan fingerprint density at radius 2 is 1.94 bits per heavy atom. The first kappa shape index (κ1) is 20.8. The minimum atomic E-state index is -0.630. The molecule has 0 spiro atoms. The number of carbonyl (C=O) groups is 2. The Balaban J connectivity index is 1.48. The molecular formula is C24H25N3O4. The molecule has 160 valence electrons. The van der Waals surface area contributed by atoms with Crippen molar-refractivity contribution in [3.05, 3.63) is 69.3 Å². The molecule has 7 heteroatoms. The van der Waals surface area contributed by atoms with Crippen LogP contribution in [-0.4, -0.2) is 28.0 Å². The van der Waals surface area contributed by atoms with Crippen molar-refractivity contribution in [2.24, 2.45) is 0 Å².